The van der Waals surface area contributed by atoms with Crippen molar-refractivity contribution >= 4 is 17.2 Å². The molecule has 3 heterocycles. The molecule has 1 fully saturated rings. The summed E-state index contributed by atoms with van der Waals surface area (Å²) in [4.78, 5) is 28.4. The molecular weight excluding hydrogens is 296 g/mol. The number of carbonyl (C=O) groups excluding carboxylic acids is 1. The van der Waals surface area contributed by atoms with Crippen LogP contribution in [0.5, 0.6) is 0 Å². The molecule has 0 saturated carbocycles. The number of aromatic nitrogens is 3. The highest BCUT2D eigenvalue weighted by atomic mass is 32.1. The van der Waals surface area contributed by atoms with Gasteiger partial charge in [-0.15, -0.1) is 11.3 Å². The first kappa shape index (κ1) is 15.1. The number of rotatable bonds is 2. The van der Waals surface area contributed by atoms with Gasteiger partial charge >= 0.3 is 0 Å². The van der Waals surface area contributed by atoms with Crippen LogP contribution in [0.3, 0.4) is 0 Å². The molecule has 6 heteroatoms. The van der Waals surface area contributed by atoms with Crippen molar-refractivity contribution in [3.63, 3.8) is 0 Å². The molecule has 0 unspecified atom stereocenters. The minimum Gasteiger partial charge on any atom is -0.338 e. The lowest BCUT2D eigenvalue weighted by Gasteiger charge is -2.19. The van der Waals surface area contributed by atoms with Gasteiger partial charge in [-0.3, -0.25) is 4.79 Å². The molecule has 2 aromatic heterocycles. The van der Waals surface area contributed by atoms with Crippen molar-refractivity contribution in [2.75, 3.05) is 13.1 Å². The summed E-state index contributed by atoms with van der Waals surface area (Å²) in [7, 11) is 0. The summed E-state index contributed by atoms with van der Waals surface area (Å²) in [6.45, 7) is 5.83. The van der Waals surface area contributed by atoms with E-state index in [4.69, 9.17) is 0 Å². The first-order valence-corrected chi connectivity index (χ1v) is 8.51. The standard InChI is InChI=1S/C16H20N4OS/c1-11-5-3-9-20(10-6-11)16(21)13-12(2)19-15(22-13)14-17-7-4-8-18-14/h4,7-8,11H,3,5-6,9-10H2,1-2H3/t11-/m0/s1. The van der Waals surface area contributed by atoms with E-state index in [-0.39, 0.29) is 5.91 Å². The fourth-order valence-corrected chi connectivity index (χ4v) is 3.69. The lowest BCUT2D eigenvalue weighted by molar-refractivity contribution is 0.0764. The highest BCUT2D eigenvalue weighted by molar-refractivity contribution is 7.17. The fourth-order valence-electron chi connectivity index (χ4n) is 2.71. The van der Waals surface area contributed by atoms with Gasteiger partial charge < -0.3 is 4.90 Å². The molecule has 1 amide bonds. The number of thiazole rings is 1. The van der Waals surface area contributed by atoms with Gasteiger partial charge in [-0.05, 0) is 38.2 Å². The molecule has 22 heavy (non-hydrogen) atoms. The molecular formula is C16H20N4OS. The molecule has 2 aromatic rings. The van der Waals surface area contributed by atoms with Crippen molar-refractivity contribution in [2.45, 2.75) is 33.1 Å². The molecule has 0 aliphatic carbocycles. The van der Waals surface area contributed by atoms with Gasteiger partial charge in [-0.25, -0.2) is 15.0 Å². The van der Waals surface area contributed by atoms with Crippen LogP contribution in [-0.2, 0) is 0 Å². The summed E-state index contributed by atoms with van der Waals surface area (Å²) < 4.78 is 0. The Labute approximate surface area is 134 Å². The average molecular weight is 316 g/mol. The van der Waals surface area contributed by atoms with Gasteiger partial charge in [0.1, 0.15) is 4.88 Å². The molecule has 0 bridgehead atoms. The predicted octanol–water partition coefficient (Wildman–Crippen LogP) is 3.17. The van der Waals surface area contributed by atoms with Gasteiger partial charge in [0, 0.05) is 25.5 Å². The molecule has 5 nitrogen and oxygen atoms in total. The van der Waals surface area contributed by atoms with Crippen molar-refractivity contribution in [3.05, 3.63) is 29.0 Å². The van der Waals surface area contributed by atoms with Crippen LogP contribution in [0.2, 0.25) is 0 Å². The Morgan fingerprint density at radius 3 is 2.82 bits per heavy atom. The molecule has 1 saturated heterocycles. The zero-order valence-corrected chi connectivity index (χ0v) is 13.8. The van der Waals surface area contributed by atoms with Crippen molar-refractivity contribution in [1.29, 1.82) is 0 Å². The maximum Gasteiger partial charge on any atom is 0.265 e. The van der Waals surface area contributed by atoms with Crippen LogP contribution in [0, 0.1) is 12.8 Å². The highest BCUT2D eigenvalue weighted by Gasteiger charge is 2.24. The van der Waals surface area contributed by atoms with Crippen LogP contribution >= 0.6 is 11.3 Å². The summed E-state index contributed by atoms with van der Waals surface area (Å²) in [6.07, 6.45) is 6.75. The number of carbonyl (C=O) groups is 1. The van der Waals surface area contributed by atoms with Crippen LogP contribution in [0.1, 0.15) is 41.6 Å². The van der Waals surface area contributed by atoms with Crippen molar-refractivity contribution in [1.82, 2.24) is 19.9 Å². The van der Waals surface area contributed by atoms with Gasteiger partial charge in [0.2, 0.25) is 0 Å². The quantitative estimate of drug-likeness (QED) is 0.854. The second-order valence-electron chi connectivity index (χ2n) is 5.83. The maximum atomic E-state index is 12.8. The number of hydrogen-bond acceptors (Lipinski definition) is 5. The SMILES string of the molecule is Cc1nc(-c2ncccn2)sc1C(=O)N1CCC[C@H](C)CC1. The topological polar surface area (TPSA) is 59.0 Å². The van der Waals surface area contributed by atoms with Gasteiger partial charge in [-0.1, -0.05) is 6.92 Å². The molecule has 3 rings (SSSR count). The molecule has 1 atom stereocenters. The number of nitrogens with zero attached hydrogens (tertiary/aromatic N) is 4. The van der Waals surface area contributed by atoms with E-state index in [2.05, 4.69) is 21.9 Å². The number of likely N-dealkylation sites (tertiary alicyclic amines) is 1. The Bertz CT molecular complexity index is 655. The van der Waals surface area contributed by atoms with Gasteiger partial charge in [0.05, 0.1) is 5.69 Å². The Hall–Kier alpha value is -1.82. The van der Waals surface area contributed by atoms with E-state index >= 15 is 0 Å². The lowest BCUT2D eigenvalue weighted by Crippen LogP contribution is -2.31. The van der Waals surface area contributed by atoms with Gasteiger partial charge in [0.25, 0.3) is 5.91 Å². The fraction of sp³-hybridized carbons (Fsp3) is 0.500. The zero-order chi connectivity index (χ0) is 15.5. The van der Waals surface area contributed by atoms with Crippen LogP contribution in [-0.4, -0.2) is 38.8 Å². The Morgan fingerprint density at radius 2 is 2.05 bits per heavy atom. The normalized spacial score (nSPS) is 19.0. The van der Waals surface area contributed by atoms with Crippen molar-refractivity contribution in [2.24, 2.45) is 5.92 Å². The Balaban J connectivity index is 1.82. The third-order valence-corrected chi connectivity index (χ3v) is 5.19. The monoisotopic (exact) mass is 316 g/mol. The van der Waals surface area contributed by atoms with E-state index in [1.807, 2.05) is 11.8 Å². The molecule has 0 aromatic carbocycles. The largest absolute Gasteiger partial charge is 0.338 e. The zero-order valence-electron chi connectivity index (χ0n) is 13.0. The van der Waals surface area contributed by atoms with E-state index in [1.54, 1.807) is 18.5 Å². The third-order valence-electron chi connectivity index (χ3n) is 4.05. The van der Waals surface area contributed by atoms with Crippen molar-refractivity contribution in [3.8, 4) is 10.8 Å². The van der Waals surface area contributed by atoms with Gasteiger partial charge in [-0.2, -0.15) is 0 Å². The third kappa shape index (κ3) is 3.16. The van der Waals surface area contributed by atoms with E-state index in [1.165, 1.54) is 17.8 Å². The summed E-state index contributed by atoms with van der Waals surface area (Å²) in [5.41, 5.74) is 0.773. The van der Waals surface area contributed by atoms with E-state index in [0.29, 0.717) is 16.7 Å². The summed E-state index contributed by atoms with van der Waals surface area (Å²) in [5.74, 6) is 1.39. The van der Waals surface area contributed by atoms with Crippen LogP contribution < -0.4 is 0 Å². The molecule has 1 aliphatic heterocycles. The minimum atomic E-state index is 0.103. The number of hydrogen-bond donors (Lipinski definition) is 0. The Kier molecular flexibility index (Phi) is 4.47. The lowest BCUT2D eigenvalue weighted by atomic mass is 10.0. The molecule has 116 valence electrons. The molecule has 0 radical (unpaired) electrons. The second kappa shape index (κ2) is 6.52. The number of amides is 1. The van der Waals surface area contributed by atoms with Crippen molar-refractivity contribution < 1.29 is 4.79 Å². The van der Waals surface area contributed by atoms with Gasteiger partial charge in [0.15, 0.2) is 10.8 Å². The Morgan fingerprint density at radius 1 is 1.27 bits per heavy atom. The minimum absolute atomic E-state index is 0.103. The first-order chi connectivity index (χ1) is 10.6. The second-order valence-corrected chi connectivity index (χ2v) is 6.83. The van der Waals surface area contributed by atoms with Crippen LogP contribution in [0.25, 0.3) is 10.8 Å². The molecule has 0 N–H and O–H groups in total. The maximum absolute atomic E-state index is 12.8. The predicted molar refractivity (Wildman–Crippen MR) is 86.8 cm³/mol. The van der Waals surface area contributed by atoms with Crippen LogP contribution in [0.4, 0.5) is 0 Å². The first-order valence-electron chi connectivity index (χ1n) is 7.69. The van der Waals surface area contributed by atoms with E-state index in [9.17, 15) is 4.79 Å². The molecule has 0 spiro atoms. The number of aryl methyl sites for hydroxylation is 1. The van der Waals surface area contributed by atoms with Crippen LogP contribution in [0.15, 0.2) is 18.5 Å². The van der Waals surface area contributed by atoms with E-state index in [0.717, 1.165) is 36.5 Å². The highest BCUT2D eigenvalue weighted by Crippen LogP contribution is 2.27. The summed E-state index contributed by atoms with van der Waals surface area (Å²) >= 11 is 1.39. The summed E-state index contributed by atoms with van der Waals surface area (Å²) in [5, 5.41) is 0.713. The smallest absolute Gasteiger partial charge is 0.265 e. The van der Waals surface area contributed by atoms with E-state index < -0.39 is 0 Å². The average Bonchev–Trinajstić information content (AvgIpc) is 2.79. The molecule has 1 aliphatic rings. The summed E-state index contributed by atoms with van der Waals surface area (Å²) in [6, 6.07) is 1.77.